The second kappa shape index (κ2) is 7.18. The molecule has 0 spiro atoms. The van der Waals surface area contributed by atoms with Crippen molar-refractivity contribution in [2.75, 3.05) is 41.7 Å². The number of fused-ring (bicyclic) bond motifs is 2. The molecule has 2 heterocycles. The Morgan fingerprint density at radius 1 is 1.14 bits per heavy atom. The molecule has 28 heavy (non-hydrogen) atoms. The number of likely N-dealkylation sites (N-methyl/N-ethyl adjacent to an activating group) is 1. The number of benzene rings is 2. The van der Waals surface area contributed by atoms with E-state index >= 15 is 0 Å². The van der Waals surface area contributed by atoms with Crippen molar-refractivity contribution in [3.8, 4) is 23.0 Å². The maximum absolute atomic E-state index is 11.0. The lowest BCUT2D eigenvalue weighted by atomic mass is 9.85. The Hall–Kier alpha value is -2.44. The first-order chi connectivity index (χ1) is 13.4. The van der Waals surface area contributed by atoms with Crippen LogP contribution in [0, 0.1) is 0 Å². The van der Waals surface area contributed by atoms with Crippen molar-refractivity contribution in [3.63, 3.8) is 0 Å². The Morgan fingerprint density at radius 2 is 1.89 bits per heavy atom. The summed E-state index contributed by atoms with van der Waals surface area (Å²) in [5.41, 5.74) is 3.22. The Labute approximate surface area is 165 Å². The van der Waals surface area contributed by atoms with Gasteiger partial charge in [-0.15, -0.1) is 0 Å². The second-order valence-electron chi connectivity index (χ2n) is 8.01. The summed E-state index contributed by atoms with van der Waals surface area (Å²) in [4.78, 5) is 0. The highest BCUT2D eigenvalue weighted by Gasteiger charge is 2.42. The second-order valence-corrected chi connectivity index (χ2v) is 8.01. The average molecular weight is 386 g/mol. The van der Waals surface area contributed by atoms with E-state index in [9.17, 15) is 5.11 Å². The van der Waals surface area contributed by atoms with E-state index in [-0.39, 0.29) is 12.8 Å². The highest BCUT2D eigenvalue weighted by atomic mass is 16.7. The lowest BCUT2D eigenvalue weighted by Gasteiger charge is -2.44. The Balaban J connectivity index is 1.72. The van der Waals surface area contributed by atoms with Crippen molar-refractivity contribution in [1.82, 2.24) is 0 Å². The molecule has 2 aliphatic heterocycles. The van der Waals surface area contributed by atoms with E-state index in [0.717, 1.165) is 45.8 Å². The van der Waals surface area contributed by atoms with Crippen LogP contribution in [0.3, 0.4) is 0 Å². The average Bonchev–Trinajstić information content (AvgIpc) is 3.16. The predicted molar refractivity (Wildman–Crippen MR) is 105 cm³/mol. The van der Waals surface area contributed by atoms with E-state index in [2.05, 4.69) is 20.2 Å². The Kier molecular flexibility index (Phi) is 4.85. The third-order valence-corrected chi connectivity index (χ3v) is 6.03. The third-order valence-electron chi connectivity index (χ3n) is 6.03. The van der Waals surface area contributed by atoms with Crippen molar-refractivity contribution in [2.24, 2.45) is 0 Å². The topological polar surface area (TPSA) is 57.2 Å². The van der Waals surface area contributed by atoms with Gasteiger partial charge in [0.05, 0.1) is 46.5 Å². The van der Waals surface area contributed by atoms with Gasteiger partial charge in [0.25, 0.3) is 0 Å². The van der Waals surface area contributed by atoms with Gasteiger partial charge in [-0.2, -0.15) is 0 Å². The van der Waals surface area contributed by atoms with Crippen LogP contribution in [-0.2, 0) is 6.42 Å². The van der Waals surface area contributed by atoms with Gasteiger partial charge >= 0.3 is 0 Å². The Morgan fingerprint density at radius 3 is 2.57 bits per heavy atom. The number of methoxy groups -OCH3 is 2. The van der Waals surface area contributed by atoms with Crippen LogP contribution in [0.4, 0.5) is 0 Å². The molecule has 0 radical (unpaired) electrons. The third kappa shape index (κ3) is 3.16. The zero-order chi connectivity index (χ0) is 19.9. The minimum atomic E-state index is -0.589. The van der Waals surface area contributed by atoms with Gasteiger partial charge in [-0.3, -0.25) is 0 Å². The molecule has 0 saturated heterocycles. The van der Waals surface area contributed by atoms with Crippen LogP contribution in [0.5, 0.6) is 23.0 Å². The van der Waals surface area contributed by atoms with E-state index in [4.69, 9.17) is 18.9 Å². The minimum Gasteiger partial charge on any atom is -0.497 e. The first-order valence-electron chi connectivity index (χ1n) is 9.58. The lowest BCUT2D eigenvalue weighted by Crippen LogP contribution is -2.48. The molecular formula is C22H28NO5+. The van der Waals surface area contributed by atoms with Gasteiger partial charge in [-0.05, 0) is 29.3 Å². The molecule has 6 nitrogen and oxygen atoms in total. The van der Waals surface area contributed by atoms with Gasteiger partial charge in [-0.25, -0.2) is 0 Å². The summed E-state index contributed by atoms with van der Waals surface area (Å²) >= 11 is 0. The number of hydrogen-bond acceptors (Lipinski definition) is 5. The van der Waals surface area contributed by atoms with Gasteiger partial charge in [0.1, 0.15) is 11.8 Å². The van der Waals surface area contributed by atoms with E-state index in [1.54, 1.807) is 14.2 Å². The summed E-state index contributed by atoms with van der Waals surface area (Å²) in [6.45, 7) is 1.20. The summed E-state index contributed by atoms with van der Waals surface area (Å²) in [5, 5.41) is 11.0. The van der Waals surface area contributed by atoms with Crippen molar-refractivity contribution in [3.05, 3.63) is 47.0 Å². The van der Waals surface area contributed by atoms with Crippen molar-refractivity contribution >= 4 is 0 Å². The van der Waals surface area contributed by atoms with E-state index in [0.29, 0.717) is 12.2 Å². The largest absolute Gasteiger partial charge is 0.497 e. The molecule has 0 saturated carbocycles. The van der Waals surface area contributed by atoms with E-state index in [1.807, 2.05) is 24.3 Å². The van der Waals surface area contributed by atoms with Gasteiger partial charge in [0, 0.05) is 12.8 Å². The summed E-state index contributed by atoms with van der Waals surface area (Å²) < 4.78 is 23.1. The molecule has 150 valence electrons. The SMILES string of the molecule is COc1ccc([C@@H](O)C[C@H]2c3c(cc4c(c3OC)OCO4)CC[N+]2(C)C)cc1. The number of aliphatic hydroxyl groups excluding tert-OH is 1. The van der Waals surface area contributed by atoms with Crippen LogP contribution >= 0.6 is 0 Å². The first-order valence-corrected chi connectivity index (χ1v) is 9.58. The van der Waals surface area contributed by atoms with Crippen LogP contribution in [0.15, 0.2) is 30.3 Å². The first kappa shape index (κ1) is 18.9. The molecule has 6 heteroatoms. The fourth-order valence-electron chi connectivity index (χ4n) is 4.34. The summed E-state index contributed by atoms with van der Waals surface area (Å²) in [6, 6.07) is 9.75. The van der Waals surface area contributed by atoms with Crippen LogP contribution < -0.4 is 18.9 Å². The molecule has 1 N–H and O–H groups in total. The number of aliphatic hydroxyl groups is 1. The molecule has 2 aromatic carbocycles. The number of quaternary nitrogens is 1. The number of ether oxygens (including phenoxy) is 4. The quantitative estimate of drug-likeness (QED) is 0.800. The molecule has 0 aliphatic carbocycles. The zero-order valence-corrected chi connectivity index (χ0v) is 16.9. The highest BCUT2D eigenvalue weighted by molar-refractivity contribution is 5.61. The number of nitrogens with zero attached hydrogens (tertiary/aromatic N) is 1. The van der Waals surface area contributed by atoms with Gasteiger partial charge in [-0.1, -0.05) is 12.1 Å². The molecule has 0 aromatic heterocycles. The van der Waals surface area contributed by atoms with Crippen LogP contribution in [0.1, 0.15) is 35.3 Å². The molecule has 0 bridgehead atoms. The van der Waals surface area contributed by atoms with Gasteiger partial charge in [0.15, 0.2) is 11.5 Å². The number of hydrogen-bond donors (Lipinski definition) is 1. The van der Waals surface area contributed by atoms with Gasteiger partial charge in [0.2, 0.25) is 12.5 Å². The zero-order valence-electron chi connectivity index (χ0n) is 16.9. The molecule has 0 unspecified atom stereocenters. The maximum Gasteiger partial charge on any atom is 0.231 e. The molecule has 0 amide bonds. The standard InChI is InChI=1S/C22H28NO5/c1-23(2)10-9-15-11-19-21(28-13-27-19)22(26-4)20(15)17(23)12-18(24)14-5-7-16(25-3)8-6-14/h5-8,11,17-18,24H,9-10,12-13H2,1-4H3/q+1/t17-,18-/m0/s1. The monoisotopic (exact) mass is 386 g/mol. The minimum absolute atomic E-state index is 0.0744. The van der Waals surface area contributed by atoms with Crippen LogP contribution in [0.2, 0.25) is 0 Å². The smallest absolute Gasteiger partial charge is 0.231 e. The lowest BCUT2D eigenvalue weighted by molar-refractivity contribution is -0.924. The maximum atomic E-state index is 11.0. The summed E-state index contributed by atoms with van der Waals surface area (Å²) in [7, 11) is 7.72. The summed E-state index contributed by atoms with van der Waals surface area (Å²) in [6.07, 6.45) is 0.932. The van der Waals surface area contributed by atoms with Crippen LogP contribution in [-0.4, -0.2) is 51.2 Å². The van der Waals surface area contributed by atoms with Crippen molar-refractivity contribution < 1.29 is 28.5 Å². The summed E-state index contributed by atoms with van der Waals surface area (Å²) in [5.74, 6) is 2.94. The molecule has 2 aromatic rings. The highest BCUT2D eigenvalue weighted by Crippen LogP contribution is 2.52. The van der Waals surface area contributed by atoms with E-state index < -0.39 is 6.10 Å². The molecule has 2 aliphatic rings. The number of rotatable bonds is 5. The molecule has 0 fully saturated rings. The van der Waals surface area contributed by atoms with Crippen molar-refractivity contribution in [1.29, 1.82) is 0 Å². The molecule has 2 atom stereocenters. The Bertz CT molecular complexity index is 862. The van der Waals surface area contributed by atoms with E-state index in [1.165, 1.54) is 5.56 Å². The molecular weight excluding hydrogens is 358 g/mol. The fraction of sp³-hybridized carbons (Fsp3) is 0.455. The predicted octanol–water partition coefficient (Wildman–Crippen LogP) is 3.23. The van der Waals surface area contributed by atoms with Gasteiger partial charge < -0.3 is 28.5 Å². The normalized spacial score (nSPS) is 20.4. The van der Waals surface area contributed by atoms with Crippen molar-refractivity contribution in [2.45, 2.75) is 25.0 Å². The molecule has 4 rings (SSSR count). The van der Waals surface area contributed by atoms with Crippen LogP contribution in [0.25, 0.3) is 0 Å². The fourth-order valence-corrected chi connectivity index (χ4v) is 4.34.